The van der Waals surface area contributed by atoms with Crippen LogP contribution in [0.15, 0.2) is 28.8 Å². The van der Waals surface area contributed by atoms with Crippen molar-refractivity contribution in [1.29, 1.82) is 0 Å². The number of nitrogens with one attached hydrogen (secondary N) is 1. The van der Waals surface area contributed by atoms with Gasteiger partial charge in [0.25, 0.3) is 11.6 Å². The average molecular weight is 331 g/mol. The molecule has 1 aromatic heterocycles. The van der Waals surface area contributed by atoms with Crippen LogP contribution in [0, 0.1) is 17.0 Å². The highest BCUT2D eigenvalue weighted by Gasteiger charge is 2.49. The number of carbonyl (C=O) groups excluding carboxylic acids is 2. The molecular weight excluding hydrogens is 318 g/mol. The zero-order chi connectivity index (χ0) is 17.5. The standard InChI is InChI=1S/C14H13N5O5/c1-8-15-11(24-17-8)7-18-12(20)14(2,16-13(18)21)9-4-3-5-10(6-9)19(22)23/h3-6H,7H2,1-2H3,(H,16,21)/t14-/m1/s1. The lowest BCUT2D eigenvalue weighted by atomic mass is 9.91. The minimum atomic E-state index is -1.40. The molecule has 0 unspecified atom stereocenters. The summed E-state index contributed by atoms with van der Waals surface area (Å²) >= 11 is 0. The molecule has 1 aliphatic heterocycles. The van der Waals surface area contributed by atoms with E-state index in [0.717, 1.165) is 4.90 Å². The van der Waals surface area contributed by atoms with Crippen molar-refractivity contribution in [2.45, 2.75) is 25.9 Å². The average Bonchev–Trinajstić information content (AvgIpc) is 3.05. The van der Waals surface area contributed by atoms with Gasteiger partial charge in [-0.3, -0.25) is 19.8 Å². The van der Waals surface area contributed by atoms with Crippen molar-refractivity contribution in [3.63, 3.8) is 0 Å². The minimum absolute atomic E-state index is 0.124. The van der Waals surface area contributed by atoms with Crippen LogP contribution in [-0.2, 0) is 16.9 Å². The zero-order valence-corrected chi connectivity index (χ0v) is 12.8. The van der Waals surface area contributed by atoms with Crippen LogP contribution in [-0.4, -0.2) is 31.9 Å². The topological polar surface area (TPSA) is 131 Å². The van der Waals surface area contributed by atoms with Gasteiger partial charge >= 0.3 is 6.03 Å². The van der Waals surface area contributed by atoms with E-state index in [1.165, 1.54) is 25.1 Å². The maximum Gasteiger partial charge on any atom is 0.325 e. The van der Waals surface area contributed by atoms with Gasteiger partial charge in [-0.15, -0.1) is 0 Å². The Labute approximate surface area is 135 Å². The molecule has 0 spiro atoms. The van der Waals surface area contributed by atoms with Gasteiger partial charge in [0.1, 0.15) is 12.1 Å². The first-order chi connectivity index (χ1) is 11.3. The third kappa shape index (κ3) is 2.47. The maximum absolute atomic E-state index is 12.7. The Morgan fingerprint density at radius 1 is 1.42 bits per heavy atom. The fourth-order valence-electron chi connectivity index (χ4n) is 2.51. The smallest absolute Gasteiger partial charge is 0.325 e. The van der Waals surface area contributed by atoms with E-state index < -0.39 is 22.4 Å². The zero-order valence-electron chi connectivity index (χ0n) is 12.8. The number of nitrogens with zero attached hydrogens (tertiary/aromatic N) is 4. The normalized spacial score (nSPS) is 20.3. The third-order valence-corrected chi connectivity index (χ3v) is 3.77. The van der Waals surface area contributed by atoms with E-state index in [0.29, 0.717) is 11.4 Å². The number of hydrogen-bond acceptors (Lipinski definition) is 7. The number of nitro benzene ring substituents is 1. The number of imide groups is 1. The van der Waals surface area contributed by atoms with Gasteiger partial charge in [0, 0.05) is 12.1 Å². The van der Waals surface area contributed by atoms with Gasteiger partial charge in [0.2, 0.25) is 5.89 Å². The van der Waals surface area contributed by atoms with Crippen LogP contribution in [0.25, 0.3) is 0 Å². The van der Waals surface area contributed by atoms with Crippen molar-refractivity contribution < 1.29 is 19.0 Å². The van der Waals surface area contributed by atoms with Crippen molar-refractivity contribution in [2.24, 2.45) is 0 Å². The molecule has 10 nitrogen and oxygen atoms in total. The number of rotatable bonds is 4. The Bertz CT molecular complexity index is 848. The van der Waals surface area contributed by atoms with Crippen molar-refractivity contribution in [3.05, 3.63) is 51.7 Å². The SMILES string of the molecule is Cc1noc(CN2C(=O)N[C@](C)(c3cccc([N+](=O)[O-])c3)C2=O)n1. The molecule has 2 heterocycles. The third-order valence-electron chi connectivity index (χ3n) is 3.77. The lowest BCUT2D eigenvalue weighted by molar-refractivity contribution is -0.385. The number of aryl methyl sites for hydroxylation is 1. The number of hydrogen-bond donors (Lipinski definition) is 1. The largest absolute Gasteiger partial charge is 0.337 e. The maximum atomic E-state index is 12.7. The van der Waals surface area contributed by atoms with Crippen LogP contribution in [0.5, 0.6) is 0 Å². The molecule has 1 N–H and O–H groups in total. The first kappa shape index (κ1) is 15.6. The van der Waals surface area contributed by atoms with Crippen LogP contribution in [0.1, 0.15) is 24.2 Å². The van der Waals surface area contributed by atoms with Gasteiger partial charge in [-0.05, 0) is 19.4 Å². The van der Waals surface area contributed by atoms with Crippen molar-refractivity contribution in [3.8, 4) is 0 Å². The second-order valence-corrected chi connectivity index (χ2v) is 5.49. The van der Waals surface area contributed by atoms with Gasteiger partial charge in [-0.1, -0.05) is 17.3 Å². The number of benzene rings is 1. The molecule has 0 aliphatic carbocycles. The molecule has 124 valence electrons. The van der Waals surface area contributed by atoms with Crippen molar-refractivity contribution in [2.75, 3.05) is 0 Å². The van der Waals surface area contributed by atoms with E-state index in [2.05, 4.69) is 15.5 Å². The molecule has 1 atom stereocenters. The summed E-state index contributed by atoms with van der Waals surface area (Å²) in [5.41, 5.74) is -1.25. The first-order valence-corrected chi connectivity index (χ1v) is 6.99. The quantitative estimate of drug-likeness (QED) is 0.506. The summed E-state index contributed by atoms with van der Waals surface area (Å²) in [7, 11) is 0. The Morgan fingerprint density at radius 3 is 2.79 bits per heavy atom. The molecular formula is C14H13N5O5. The molecule has 0 bridgehead atoms. The Balaban J connectivity index is 1.92. The molecule has 0 saturated carbocycles. The summed E-state index contributed by atoms with van der Waals surface area (Å²) < 4.78 is 4.92. The van der Waals surface area contributed by atoms with Crippen molar-refractivity contribution in [1.82, 2.24) is 20.4 Å². The minimum Gasteiger partial charge on any atom is -0.337 e. The summed E-state index contributed by atoms with van der Waals surface area (Å²) in [6.07, 6.45) is 0. The fraction of sp³-hybridized carbons (Fsp3) is 0.286. The molecule has 1 saturated heterocycles. The lowest BCUT2D eigenvalue weighted by Crippen LogP contribution is -2.40. The molecule has 24 heavy (non-hydrogen) atoms. The molecule has 2 aromatic rings. The van der Waals surface area contributed by atoms with Gasteiger partial charge in [-0.25, -0.2) is 4.79 Å². The second-order valence-electron chi connectivity index (χ2n) is 5.49. The number of amides is 3. The van der Waals surface area contributed by atoms with Gasteiger partial charge in [-0.2, -0.15) is 4.98 Å². The van der Waals surface area contributed by atoms with E-state index in [-0.39, 0.29) is 18.1 Å². The van der Waals surface area contributed by atoms with Crippen LogP contribution in [0.4, 0.5) is 10.5 Å². The van der Waals surface area contributed by atoms with Gasteiger partial charge in [0.05, 0.1) is 4.92 Å². The summed E-state index contributed by atoms with van der Waals surface area (Å²) in [4.78, 5) is 40.1. The number of urea groups is 1. The summed E-state index contributed by atoms with van der Waals surface area (Å²) in [5.74, 6) is -0.0401. The van der Waals surface area contributed by atoms with E-state index in [9.17, 15) is 19.7 Å². The first-order valence-electron chi connectivity index (χ1n) is 6.99. The number of non-ortho nitro benzene ring substituents is 1. The lowest BCUT2D eigenvalue weighted by Gasteiger charge is -2.21. The van der Waals surface area contributed by atoms with Crippen LogP contribution in [0.2, 0.25) is 0 Å². The molecule has 1 aliphatic rings. The van der Waals surface area contributed by atoms with Crippen LogP contribution in [0.3, 0.4) is 0 Å². The van der Waals surface area contributed by atoms with E-state index in [1.807, 2.05) is 0 Å². The molecule has 0 radical (unpaired) electrons. The number of nitro groups is 1. The Morgan fingerprint density at radius 2 is 2.17 bits per heavy atom. The molecule has 3 amide bonds. The number of carbonyl (C=O) groups is 2. The highest BCUT2D eigenvalue weighted by Crippen LogP contribution is 2.31. The molecule has 1 aromatic carbocycles. The molecule has 10 heteroatoms. The monoisotopic (exact) mass is 331 g/mol. The predicted molar refractivity (Wildman–Crippen MR) is 78.6 cm³/mol. The summed E-state index contributed by atoms with van der Waals surface area (Å²) in [6.45, 7) is 2.94. The van der Waals surface area contributed by atoms with Gasteiger partial charge < -0.3 is 9.84 Å². The van der Waals surface area contributed by atoms with E-state index >= 15 is 0 Å². The Hall–Kier alpha value is -3.30. The summed E-state index contributed by atoms with van der Waals surface area (Å²) in [5, 5.41) is 17.1. The molecule has 1 fully saturated rings. The van der Waals surface area contributed by atoms with Crippen molar-refractivity contribution >= 4 is 17.6 Å². The van der Waals surface area contributed by atoms with E-state index in [4.69, 9.17) is 4.52 Å². The highest BCUT2D eigenvalue weighted by molar-refractivity contribution is 6.07. The van der Waals surface area contributed by atoms with E-state index in [1.54, 1.807) is 13.0 Å². The van der Waals surface area contributed by atoms with Crippen LogP contribution >= 0.6 is 0 Å². The fourth-order valence-corrected chi connectivity index (χ4v) is 2.51. The second kappa shape index (κ2) is 5.41. The van der Waals surface area contributed by atoms with Crippen LogP contribution < -0.4 is 5.32 Å². The van der Waals surface area contributed by atoms with Gasteiger partial charge in [0.15, 0.2) is 5.82 Å². The Kier molecular flexibility index (Phi) is 3.51. The highest BCUT2D eigenvalue weighted by atomic mass is 16.6. The molecule has 3 rings (SSSR count). The summed E-state index contributed by atoms with van der Waals surface area (Å²) in [6, 6.07) is 4.95. The number of aromatic nitrogens is 2. The predicted octanol–water partition coefficient (Wildman–Crippen LogP) is 1.25.